The van der Waals surface area contributed by atoms with Crippen LogP contribution < -0.4 is 0 Å². The first-order valence-corrected chi connectivity index (χ1v) is 10.3. The van der Waals surface area contributed by atoms with Crippen molar-refractivity contribution in [3.8, 4) is 0 Å². The van der Waals surface area contributed by atoms with Gasteiger partial charge in [-0.05, 0) is 18.1 Å². The maximum Gasteiger partial charge on any atom is 0.167 e. The summed E-state index contributed by atoms with van der Waals surface area (Å²) < 4.78 is 0. The van der Waals surface area contributed by atoms with Crippen molar-refractivity contribution in [2.24, 2.45) is 5.92 Å². The first-order chi connectivity index (χ1) is 13.2. The van der Waals surface area contributed by atoms with Gasteiger partial charge in [-0.3, -0.25) is 4.79 Å². The molecule has 27 heavy (non-hydrogen) atoms. The lowest BCUT2D eigenvalue weighted by Gasteiger charge is -2.30. The van der Waals surface area contributed by atoms with Crippen LogP contribution in [0.15, 0.2) is 91.0 Å². The number of carbonyl (C=O) groups is 1. The van der Waals surface area contributed by atoms with Gasteiger partial charge in [-0.15, -0.1) is 11.8 Å². The number of rotatable bonds is 4. The van der Waals surface area contributed by atoms with E-state index in [0.717, 1.165) is 11.3 Å². The van der Waals surface area contributed by atoms with E-state index in [0.29, 0.717) is 0 Å². The Hall–Kier alpha value is -2.58. The molecule has 4 rings (SSSR count). The highest BCUT2D eigenvalue weighted by Crippen LogP contribution is 2.43. The minimum Gasteiger partial charge on any atom is -0.294 e. The largest absolute Gasteiger partial charge is 0.294 e. The Morgan fingerprint density at radius 3 is 2.15 bits per heavy atom. The topological polar surface area (TPSA) is 17.1 Å². The lowest BCUT2D eigenvalue weighted by atomic mass is 9.81. The predicted molar refractivity (Wildman–Crippen MR) is 115 cm³/mol. The van der Waals surface area contributed by atoms with E-state index in [-0.39, 0.29) is 17.6 Å². The van der Waals surface area contributed by atoms with Gasteiger partial charge in [-0.1, -0.05) is 96.6 Å². The van der Waals surface area contributed by atoms with Gasteiger partial charge in [0, 0.05) is 28.1 Å². The van der Waals surface area contributed by atoms with Gasteiger partial charge in [0.05, 0.1) is 0 Å². The minimum absolute atomic E-state index is 0.0485. The van der Waals surface area contributed by atoms with E-state index >= 15 is 0 Å². The Morgan fingerprint density at radius 2 is 1.48 bits per heavy atom. The molecule has 0 saturated heterocycles. The highest BCUT2D eigenvalue weighted by Gasteiger charge is 2.33. The summed E-state index contributed by atoms with van der Waals surface area (Å²) >= 11 is 1.79. The summed E-state index contributed by atoms with van der Waals surface area (Å²) in [6.45, 7) is 2.10. The molecule has 2 atom stereocenters. The average molecular weight is 371 g/mol. The van der Waals surface area contributed by atoms with Crippen LogP contribution in [0.4, 0.5) is 0 Å². The van der Waals surface area contributed by atoms with Gasteiger partial charge in [0.15, 0.2) is 5.78 Å². The normalized spacial score (nSPS) is 19.4. The summed E-state index contributed by atoms with van der Waals surface area (Å²) in [6, 6.07) is 28.8. The summed E-state index contributed by atoms with van der Waals surface area (Å²) in [7, 11) is 0. The highest BCUT2D eigenvalue weighted by molar-refractivity contribution is 8.08. The molecule has 0 aliphatic carbocycles. The number of hydrogen-bond donors (Lipinski definition) is 0. The number of thioether (sulfide) groups is 1. The van der Waals surface area contributed by atoms with Crippen LogP contribution in [0.3, 0.4) is 0 Å². The Labute approximate surface area is 165 Å². The third kappa shape index (κ3) is 3.91. The number of allylic oxidation sites excluding steroid dienone is 1. The fourth-order valence-electron chi connectivity index (χ4n) is 3.57. The molecule has 3 aromatic rings. The molecule has 1 aliphatic heterocycles. The molecule has 134 valence electrons. The molecule has 1 nitrogen and oxygen atoms in total. The van der Waals surface area contributed by atoms with E-state index in [1.54, 1.807) is 11.8 Å². The second kappa shape index (κ2) is 7.98. The molecular formula is C25H22OS. The quantitative estimate of drug-likeness (QED) is 0.497. The molecular weight excluding hydrogens is 348 g/mol. The predicted octanol–water partition coefficient (Wildman–Crippen LogP) is 6.37. The number of hydrogen-bond acceptors (Lipinski definition) is 2. The molecule has 1 aliphatic rings. The van der Waals surface area contributed by atoms with Crippen LogP contribution in [-0.2, 0) is 0 Å². The van der Waals surface area contributed by atoms with Crippen molar-refractivity contribution >= 4 is 22.5 Å². The van der Waals surface area contributed by atoms with Gasteiger partial charge >= 0.3 is 0 Å². The second-order valence-corrected chi connectivity index (χ2v) is 8.04. The molecule has 0 spiro atoms. The van der Waals surface area contributed by atoms with Gasteiger partial charge in [-0.2, -0.15) is 0 Å². The number of ketones is 1. The van der Waals surface area contributed by atoms with Crippen LogP contribution >= 0.6 is 11.8 Å². The fourth-order valence-corrected chi connectivity index (χ4v) is 4.83. The van der Waals surface area contributed by atoms with E-state index in [1.807, 2.05) is 36.4 Å². The monoisotopic (exact) mass is 370 g/mol. The summed E-state index contributed by atoms with van der Waals surface area (Å²) in [5.41, 5.74) is 4.48. The number of Topliss-reactive ketones (excluding diaryl/α,β-unsaturated/α-hetero) is 1. The molecule has 0 aromatic heterocycles. The zero-order valence-electron chi connectivity index (χ0n) is 15.3. The van der Waals surface area contributed by atoms with Crippen LogP contribution in [0.1, 0.15) is 33.0 Å². The average Bonchev–Trinajstić information content (AvgIpc) is 2.75. The van der Waals surface area contributed by atoms with Crippen molar-refractivity contribution in [1.82, 2.24) is 0 Å². The molecule has 0 saturated carbocycles. The van der Waals surface area contributed by atoms with Gasteiger partial charge < -0.3 is 0 Å². The van der Waals surface area contributed by atoms with Gasteiger partial charge in [0.2, 0.25) is 0 Å². The van der Waals surface area contributed by atoms with Crippen molar-refractivity contribution in [3.05, 3.63) is 113 Å². The van der Waals surface area contributed by atoms with Crippen LogP contribution in [0.25, 0.3) is 4.91 Å². The molecule has 0 bridgehead atoms. The number of benzene rings is 3. The maximum absolute atomic E-state index is 13.3. The lowest BCUT2D eigenvalue weighted by Crippen LogP contribution is -2.26. The van der Waals surface area contributed by atoms with Crippen LogP contribution in [0.5, 0.6) is 0 Å². The smallest absolute Gasteiger partial charge is 0.167 e. The second-order valence-electron chi connectivity index (χ2n) is 6.98. The zero-order chi connectivity index (χ0) is 18.6. The molecule has 2 heteroatoms. The highest BCUT2D eigenvalue weighted by atomic mass is 32.2. The molecule has 0 N–H and O–H groups in total. The van der Waals surface area contributed by atoms with E-state index in [1.165, 1.54) is 21.6 Å². The van der Waals surface area contributed by atoms with Crippen LogP contribution in [0.2, 0.25) is 0 Å². The molecule has 1 heterocycles. The molecule has 2 unspecified atom stereocenters. The molecule has 0 radical (unpaired) electrons. The molecule has 3 aromatic carbocycles. The standard InChI is InChI=1S/C25H22OS/c1-18-12-14-19(15-13-18)22-16-24(20-8-4-2-5-9-20)27-17-23(22)25(26)21-10-6-3-7-11-21/h2-16,22-23H,17H2,1H3. The zero-order valence-corrected chi connectivity index (χ0v) is 16.2. The Bertz CT molecular complexity index is 943. The van der Waals surface area contributed by atoms with Gasteiger partial charge in [0.1, 0.15) is 0 Å². The van der Waals surface area contributed by atoms with Gasteiger partial charge in [-0.25, -0.2) is 0 Å². The Morgan fingerprint density at radius 1 is 0.852 bits per heavy atom. The first-order valence-electron chi connectivity index (χ1n) is 9.28. The van der Waals surface area contributed by atoms with Crippen molar-refractivity contribution < 1.29 is 4.79 Å². The number of carbonyl (C=O) groups excluding carboxylic acids is 1. The summed E-state index contributed by atoms with van der Waals surface area (Å²) in [4.78, 5) is 14.5. The van der Waals surface area contributed by atoms with E-state index in [9.17, 15) is 4.79 Å². The fraction of sp³-hybridized carbons (Fsp3) is 0.160. The molecule has 0 fully saturated rings. The Balaban J connectivity index is 1.74. The van der Waals surface area contributed by atoms with E-state index in [2.05, 4.69) is 61.5 Å². The third-order valence-electron chi connectivity index (χ3n) is 5.10. The summed E-state index contributed by atoms with van der Waals surface area (Å²) in [6.07, 6.45) is 2.29. The van der Waals surface area contributed by atoms with Crippen molar-refractivity contribution in [2.45, 2.75) is 12.8 Å². The maximum atomic E-state index is 13.3. The third-order valence-corrected chi connectivity index (χ3v) is 6.31. The van der Waals surface area contributed by atoms with Crippen molar-refractivity contribution in [3.63, 3.8) is 0 Å². The SMILES string of the molecule is Cc1ccc(C2C=C(c3ccccc3)SCC2C(=O)c2ccccc2)cc1. The lowest BCUT2D eigenvalue weighted by molar-refractivity contribution is 0.0923. The van der Waals surface area contributed by atoms with Crippen molar-refractivity contribution in [2.75, 3.05) is 5.75 Å². The first kappa shape index (κ1) is 17.8. The van der Waals surface area contributed by atoms with Crippen LogP contribution in [-0.4, -0.2) is 11.5 Å². The van der Waals surface area contributed by atoms with E-state index < -0.39 is 0 Å². The molecule has 0 amide bonds. The summed E-state index contributed by atoms with van der Waals surface area (Å²) in [5.74, 6) is 1.08. The summed E-state index contributed by atoms with van der Waals surface area (Å²) in [5, 5.41) is 0. The van der Waals surface area contributed by atoms with Crippen molar-refractivity contribution in [1.29, 1.82) is 0 Å². The van der Waals surface area contributed by atoms with Gasteiger partial charge in [0.25, 0.3) is 0 Å². The van der Waals surface area contributed by atoms with E-state index in [4.69, 9.17) is 0 Å². The Kier molecular flexibility index (Phi) is 5.26. The number of aryl methyl sites for hydroxylation is 1. The van der Waals surface area contributed by atoms with Crippen LogP contribution in [0, 0.1) is 12.8 Å². The minimum atomic E-state index is -0.0485.